The van der Waals surface area contributed by atoms with Crippen molar-refractivity contribution in [2.24, 2.45) is 12.0 Å². The minimum absolute atomic E-state index is 0.666. The Morgan fingerprint density at radius 2 is 2.13 bits per heavy atom. The molecule has 0 aliphatic carbocycles. The summed E-state index contributed by atoms with van der Waals surface area (Å²) in [5.74, 6) is 1.76. The zero-order valence-electron chi connectivity index (χ0n) is 14.2. The molecule has 0 spiro atoms. The molecule has 0 amide bonds. The Morgan fingerprint density at radius 3 is 2.65 bits per heavy atom. The number of rotatable bonds is 5. The van der Waals surface area contributed by atoms with Crippen molar-refractivity contribution in [1.82, 2.24) is 19.8 Å². The van der Waals surface area contributed by atoms with E-state index in [2.05, 4.69) is 24.8 Å². The molecular weight excluding hydrogens is 332 g/mol. The molecule has 0 fully saturated rings. The summed E-state index contributed by atoms with van der Waals surface area (Å²) < 4.78 is 2.88. The number of nitrogens with zero attached hydrogens (tertiary/aromatic N) is 5. The van der Waals surface area contributed by atoms with Crippen molar-refractivity contribution in [3.8, 4) is 0 Å². The van der Waals surface area contributed by atoms with Gasteiger partial charge in [0.25, 0.3) is 0 Å². The summed E-state index contributed by atoms with van der Waals surface area (Å²) in [6, 6.07) is 3.96. The van der Waals surface area contributed by atoms with Gasteiger partial charge in [0.15, 0.2) is 5.96 Å². The molecule has 0 saturated heterocycles. The van der Waals surface area contributed by atoms with E-state index in [0.717, 1.165) is 28.5 Å². The summed E-state index contributed by atoms with van der Waals surface area (Å²) in [6.07, 6.45) is 1.88. The molecule has 0 radical (unpaired) electrons. The van der Waals surface area contributed by atoms with E-state index in [9.17, 15) is 0 Å². The van der Waals surface area contributed by atoms with Gasteiger partial charge in [0.2, 0.25) is 5.95 Å². The van der Waals surface area contributed by atoms with Gasteiger partial charge in [0, 0.05) is 40.1 Å². The number of imidazole rings is 1. The molecule has 2 heterocycles. The number of halogens is 1. The highest BCUT2D eigenvalue weighted by Gasteiger charge is 2.11. The maximum atomic E-state index is 5.98. The minimum Gasteiger partial charge on any atom is -0.351 e. The SMILES string of the molecule is CN=C(NCc1cnc(N(C)C)n1C)N(C)Cc1ccc(Cl)s1. The van der Waals surface area contributed by atoms with Crippen molar-refractivity contribution in [1.29, 1.82) is 0 Å². The Morgan fingerprint density at radius 1 is 1.39 bits per heavy atom. The number of guanidine groups is 1. The zero-order valence-corrected chi connectivity index (χ0v) is 15.7. The fraction of sp³-hybridized carbons (Fsp3) is 0.467. The summed E-state index contributed by atoms with van der Waals surface area (Å²) in [5.41, 5.74) is 1.10. The van der Waals surface area contributed by atoms with Crippen LogP contribution in [0.3, 0.4) is 0 Å². The van der Waals surface area contributed by atoms with Crippen molar-refractivity contribution in [3.05, 3.63) is 33.2 Å². The molecule has 1 N–H and O–H groups in total. The minimum atomic E-state index is 0.666. The first-order valence-electron chi connectivity index (χ1n) is 7.26. The molecule has 0 aliphatic rings. The van der Waals surface area contributed by atoms with E-state index in [0.29, 0.717) is 6.54 Å². The molecule has 0 saturated carbocycles. The van der Waals surface area contributed by atoms with Crippen molar-refractivity contribution < 1.29 is 0 Å². The van der Waals surface area contributed by atoms with Gasteiger partial charge in [-0.25, -0.2) is 4.98 Å². The third-order valence-electron chi connectivity index (χ3n) is 3.48. The maximum Gasteiger partial charge on any atom is 0.204 e. The summed E-state index contributed by atoms with van der Waals surface area (Å²) in [7, 11) is 9.78. The van der Waals surface area contributed by atoms with Crippen LogP contribution < -0.4 is 10.2 Å². The lowest BCUT2D eigenvalue weighted by Gasteiger charge is -2.21. The average molecular weight is 355 g/mol. The molecule has 6 nitrogen and oxygen atoms in total. The molecule has 8 heteroatoms. The number of thiophene rings is 1. The van der Waals surface area contributed by atoms with Gasteiger partial charge in [-0.3, -0.25) is 4.99 Å². The first kappa shape index (κ1) is 17.6. The standard InChI is InChI=1S/C15H23ClN6S/c1-17-14(21(4)10-12-6-7-13(16)23-12)18-8-11-9-19-15(20(2)3)22(11)5/h6-7,9H,8,10H2,1-5H3,(H,17,18). The van der Waals surface area contributed by atoms with Crippen molar-refractivity contribution in [3.63, 3.8) is 0 Å². The van der Waals surface area contributed by atoms with Crippen LogP contribution in [0.1, 0.15) is 10.6 Å². The van der Waals surface area contributed by atoms with E-state index in [1.807, 2.05) is 51.4 Å². The summed E-state index contributed by atoms with van der Waals surface area (Å²) >= 11 is 7.57. The van der Waals surface area contributed by atoms with E-state index in [4.69, 9.17) is 11.6 Å². The molecule has 2 aromatic heterocycles. The lowest BCUT2D eigenvalue weighted by Crippen LogP contribution is -2.38. The van der Waals surface area contributed by atoms with Crippen LogP contribution in [0.15, 0.2) is 23.3 Å². The van der Waals surface area contributed by atoms with Crippen molar-refractivity contribution in [2.75, 3.05) is 33.1 Å². The highest BCUT2D eigenvalue weighted by atomic mass is 35.5. The zero-order chi connectivity index (χ0) is 17.0. The van der Waals surface area contributed by atoms with E-state index >= 15 is 0 Å². The number of hydrogen-bond donors (Lipinski definition) is 1. The van der Waals surface area contributed by atoms with Crippen LogP contribution in [0.25, 0.3) is 0 Å². The molecule has 0 atom stereocenters. The molecule has 2 rings (SSSR count). The summed E-state index contributed by atoms with van der Waals surface area (Å²) in [5, 5.41) is 3.37. The molecule has 0 bridgehead atoms. The van der Waals surface area contributed by atoms with Gasteiger partial charge < -0.3 is 19.7 Å². The van der Waals surface area contributed by atoms with E-state index in [1.54, 1.807) is 18.4 Å². The Bertz CT molecular complexity index is 675. The van der Waals surface area contributed by atoms with Gasteiger partial charge in [-0.1, -0.05) is 11.6 Å². The normalized spacial score (nSPS) is 11.7. The van der Waals surface area contributed by atoms with Crippen LogP contribution in [0.5, 0.6) is 0 Å². The molecule has 126 valence electrons. The second kappa shape index (κ2) is 7.70. The number of hydrogen-bond acceptors (Lipinski definition) is 4. The first-order chi connectivity index (χ1) is 10.9. The molecule has 23 heavy (non-hydrogen) atoms. The highest BCUT2D eigenvalue weighted by molar-refractivity contribution is 7.16. The fourth-order valence-electron chi connectivity index (χ4n) is 2.31. The smallest absolute Gasteiger partial charge is 0.204 e. The molecule has 0 aliphatic heterocycles. The number of aliphatic imine (C=N–C) groups is 1. The Balaban J connectivity index is 1.97. The van der Waals surface area contributed by atoms with Gasteiger partial charge >= 0.3 is 0 Å². The van der Waals surface area contributed by atoms with Crippen LogP contribution in [0.4, 0.5) is 5.95 Å². The highest BCUT2D eigenvalue weighted by Crippen LogP contribution is 2.22. The predicted molar refractivity (Wildman–Crippen MR) is 98.5 cm³/mol. The lowest BCUT2D eigenvalue weighted by atomic mass is 10.4. The maximum absolute atomic E-state index is 5.98. The summed E-state index contributed by atoms with van der Waals surface area (Å²) in [4.78, 5) is 14.0. The predicted octanol–water partition coefficient (Wildman–Crippen LogP) is 2.41. The Hall–Kier alpha value is -1.73. The third kappa shape index (κ3) is 4.39. The average Bonchev–Trinajstić information content (AvgIpc) is 3.06. The monoisotopic (exact) mass is 354 g/mol. The van der Waals surface area contributed by atoms with Gasteiger partial charge in [-0.15, -0.1) is 11.3 Å². The van der Waals surface area contributed by atoms with Crippen molar-refractivity contribution >= 4 is 34.8 Å². The quantitative estimate of drug-likeness (QED) is 0.661. The van der Waals surface area contributed by atoms with Crippen LogP contribution in [0, 0.1) is 0 Å². The van der Waals surface area contributed by atoms with E-state index in [1.165, 1.54) is 4.88 Å². The molecule has 0 unspecified atom stereocenters. The topological polar surface area (TPSA) is 48.7 Å². The first-order valence-corrected chi connectivity index (χ1v) is 8.45. The van der Waals surface area contributed by atoms with Crippen LogP contribution in [0.2, 0.25) is 4.34 Å². The lowest BCUT2D eigenvalue weighted by molar-refractivity contribution is 0.480. The van der Waals surface area contributed by atoms with Gasteiger partial charge in [0.1, 0.15) is 0 Å². The third-order valence-corrected chi connectivity index (χ3v) is 4.70. The number of nitrogens with one attached hydrogen (secondary N) is 1. The van der Waals surface area contributed by atoms with Crippen molar-refractivity contribution in [2.45, 2.75) is 13.1 Å². The van der Waals surface area contributed by atoms with Gasteiger partial charge in [0.05, 0.1) is 29.3 Å². The van der Waals surface area contributed by atoms with Gasteiger partial charge in [-0.2, -0.15) is 0 Å². The van der Waals surface area contributed by atoms with Crippen LogP contribution in [-0.2, 0) is 20.1 Å². The molecular formula is C15H23ClN6S. The largest absolute Gasteiger partial charge is 0.351 e. The van der Waals surface area contributed by atoms with E-state index in [-0.39, 0.29) is 0 Å². The Labute approximate surface area is 146 Å². The van der Waals surface area contributed by atoms with Gasteiger partial charge in [-0.05, 0) is 12.1 Å². The second-order valence-corrected chi connectivity index (χ2v) is 7.27. The number of aromatic nitrogens is 2. The Kier molecular flexibility index (Phi) is 5.90. The number of anilines is 1. The van der Waals surface area contributed by atoms with E-state index < -0.39 is 0 Å². The van der Waals surface area contributed by atoms with Crippen LogP contribution in [-0.4, -0.2) is 48.6 Å². The second-order valence-electron chi connectivity index (χ2n) is 5.47. The fourth-order valence-corrected chi connectivity index (χ4v) is 3.45. The molecule has 2 aromatic rings. The summed E-state index contributed by atoms with van der Waals surface area (Å²) in [6.45, 7) is 1.44. The van der Waals surface area contributed by atoms with Crippen LogP contribution >= 0.6 is 22.9 Å². The molecule has 0 aromatic carbocycles.